The minimum absolute atomic E-state index is 0.497. The topological polar surface area (TPSA) is 77.5 Å². The fourth-order valence-electron chi connectivity index (χ4n) is 1.41. The second-order valence-corrected chi connectivity index (χ2v) is 5.95. The highest BCUT2D eigenvalue weighted by atomic mass is 79.9. The van der Waals surface area contributed by atoms with Crippen molar-refractivity contribution in [3.8, 4) is 0 Å². The molecule has 1 aromatic heterocycles. The second kappa shape index (κ2) is 6.69. The number of alkyl carbamates (subject to hydrolysis) is 1. The molecule has 0 fully saturated rings. The first-order valence-corrected chi connectivity index (χ1v) is 6.70. The third kappa shape index (κ3) is 5.16. The lowest BCUT2D eigenvalue weighted by molar-refractivity contribution is -0.143. The van der Waals surface area contributed by atoms with Crippen molar-refractivity contribution >= 4 is 28.0 Å². The van der Waals surface area contributed by atoms with E-state index in [1.54, 1.807) is 33.0 Å². The largest absolute Gasteiger partial charge is 0.467 e. The Morgan fingerprint density at radius 2 is 2.00 bits per heavy atom. The normalized spacial score (nSPS) is 12.4. The zero-order chi connectivity index (χ0) is 15.3. The number of ether oxygens (including phenoxy) is 2. The van der Waals surface area contributed by atoms with Crippen molar-refractivity contribution < 1.29 is 19.1 Å². The van der Waals surface area contributed by atoms with Gasteiger partial charge in [0.2, 0.25) is 0 Å². The lowest BCUT2D eigenvalue weighted by Gasteiger charge is -2.22. The van der Waals surface area contributed by atoms with E-state index in [9.17, 15) is 9.59 Å². The number of hydrogen-bond acceptors (Lipinski definition) is 5. The van der Waals surface area contributed by atoms with Crippen LogP contribution >= 0.6 is 15.9 Å². The van der Waals surface area contributed by atoms with Crippen LogP contribution in [0.1, 0.15) is 32.4 Å². The number of aromatic nitrogens is 1. The standard InChI is InChI=1S/C13H17BrN2O4/c1-13(2,3)20-12(18)16-10(11(17)19-4)8-5-9(14)7-15-6-8/h5-7,10H,1-4H3,(H,16,18). The maximum atomic E-state index is 11.8. The summed E-state index contributed by atoms with van der Waals surface area (Å²) in [5, 5.41) is 2.47. The maximum absolute atomic E-state index is 11.8. The molecule has 0 aromatic carbocycles. The molecular formula is C13H17BrN2O4. The Hall–Kier alpha value is -1.63. The minimum atomic E-state index is -0.972. The van der Waals surface area contributed by atoms with Gasteiger partial charge in [-0.1, -0.05) is 0 Å². The molecule has 110 valence electrons. The average molecular weight is 345 g/mol. The first-order valence-electron chi connectivity index (χ1n) is 5.90. The van der Waals surface area contributed by atoms with Crippen LogP contribution in [0, 0.1) is 0 Å². The van der Waals surface area contributed by atoms with Crippen molar-refractivity contribution in [2.45, 2.75) is 32.4 Å². The van der Waals surface area contributed by atoms with E-state index >= 15 is 0 Å². The van der Waals surface area contributed by atoms with E-state index in [2.05, 4.69) is 31.0 Å². The molecule has 0 saturated carbocycles. The van der Waals surface area contributed by atoms with E-state index in [0.717, 1.165) is 0 Å². The molecule has 20 heavy (non-hydrogen) atoms. The van der Waals surface area contributed by atoms with Gasteiger partial charge >= 0.3 is 12.1 Å². The maximum Gasteiger partial charge on any atom is 0.408 e. The molecule has 6 nitrogen and oxygen atoms in total. The molecular weight excluding hydrogens is 328 g/mol. The highest BCUT2D eigenvalue weighted by Crippen LogP contribution is 2.19. The number of rotatable bonds is 3. The summed E-state index contributed by atoms with van der Waals surface area (Å²) in [6.45, 7) is 5.21. The van der Waals surface area contributed by atoms with E-state index in [4.69, 9.17) is 4.74 Å². The number of esters is 1. The van der Waals surface area contributed by atoms with Crippen molar-refractivity contribution in [1.82, 2.24) is 10.3 Å². The van der Waals surface area contributed by atoms with Crippen molar-refractivity contribution in [1.29, 1.82) is 0 Å². The molecule has 1 atom stereocenters. The number of methoxy groups -OCH3 is 1. The smallest absolute Gasteiger partial charge is 0.408 e. The molecule has 0 spiro atoms. The SMILES string of the molecule is COC(=O)C(NC(=O)OC(C)(C)C)c1cncc(Br)c1. The molecule has 0 bridgehead atoms. The first-order chi connectivity index (χ1) is 9.23. The molecule has 1 N–H and O–H groups in total. The lowest BCUT2D eigenvalue weighted by atomic mass is 10.1. The fraction of sp³-hybridized carbons (Fsp3) is 0.462. The molecule has 1 unspecified atom stereocenters. The van der Waals surface area contributed by atoms with Crippen LogP contribution in [0.2, 0.25) is 0 Å². The number of carbonyl (C=O) groups excluding carboxylic acids is 2. The summed E-state index contributed by atoms with van der Waals surface area (Å²) >= 11 is 3.26. The Morgan fingerprint density at radius 3 is 2.50 bits per heavy atom. The molecule has 0 saturated heterocycles. The third-order valence-electron chi connectivity index (χ3n) is 2.16. The number of halogens is 1. The molecule has 0 aliphatic rings. The summed E-state index contributed by atoms with van der Waals surface area (Å²) < 4.78 is 10.5. The van der Waals surface area contributed by atoms with Crippen LogP contribution in [0.4, 0.5) is 4.79 Å². The van der Waals surface area contributed by atoms with Gasteiger partial charge in [-0.05, 0) is 42.8 Å². The summed E-state index contributed by atoms with van der Waals surface area (Å²) in [5.74, 6) is -0.601. The summed E-state index contributed by atoms with van der Waals surface area (Å²) in [6, 6.07) is 0.700. The molecule has 1 rings (SSSR count). The van der Waals surface area contributed by atoms with E-state index in [1.165, 1.54) is 13.3 Å². The summed E-state index contributed by atoms with van der Waals surface area (Å²) in [7, 11) is 1.25. The van der Waals surface area contributed by atoms with Crippen LogP contribution in [0.5, 0.6) is 0 Å². The van der Waals surface area contributed by atoms with Crippen LogP contribution in [0.25, 0.3) is 0 Å². The van der Waals surface area contributed by atoms with Crippen LogP contribution in [0.15, 0.2) is 22.9 Å². The Balaban J connectivity index is 2.91. The van der Waals surface area contributed by atoms with E-state index in [-0.39, 0.29) is 0 Å². The van der Waals surface area contributed by atoms with Gasteiger partial charge in [-0.25, -0.2) is 9.59 Å². The van der Waals surface area contributed by atoms with Crippen molar-refractivity contribution in [2.75, 3.05) is 7.11 Å². The van der Waals surface area contributed by atoms with Crippen LogP contribution in [-0.2, 0) is 14.3 Å². The van der Waals surface area contributed by atoms with E-state index in [0.29, 0.717) is 10.0 Å². The Labute approximate surface area is 126 Å². The third-order valence-corrected chi connectivity index (χ3v) is 2.59. The number of hydrogen-bond donors (Lipinski definition) is 1. The number of carbonyl (C=O) groups is 2. The van der Waals surface area contributed by atoms with Gasteiger partial charge in [-0.2, -0.15) is 0 Å². The zero-order valence-corrected chi connectivity index (χ0v) is 13.4. The quantitative estimate of drug-likeness (QED) is 0.852. The van der Waals surface area contributed by atoms with Gasteiger partial charge < -0.3 is 14.8 Å². The Morgan fingerprint density at radius 1 is 1.35 bits per heavy atom. The fourth-order valence-corrected chi connectivity index (χ4v) is 1.79. The van der Waals surface area contributed by atoms with Crippen molar-refractivity contribution in [2.24, 2.45) is 0 Å². The highest BCUT2D eigenvalue weighted by molar-refractivity contribution is 9.10. The molecule has 0 aliphatic carbocycles. The van der Waals surface area contributed by atoms with E-state index < -0.39 is 23.7 Å². The van der Waals surface area contributed by atoms with Gasteiger partial charge in [-0.15, -0.1) is 0 Å². The minimum Gasteiger partial charge on any atom is -0.467 e. The van der Waals surface area contributed by atoms with Gasteiger partial charge in [0.25, 0.3) is 0 Å². The molecule has 0 aliphatic heterocycles. The average Bonchev–Trinajstić information content (AvgIpc) is 2.33. The summed E-state index contributed by atoms with van der Waals surface area (Å²) in [4.78, 5) is 27.5. The Kier molecular flexibility index (Phi) is 5.50. The first kappa shape index (κ1) is 16.4. The van der Waals surface area contributed by atoms with Crippen LogP contribution < -0.4 is 5.32 Å². The van der Waals surface area contributed by atoms with Crippen molar-refractivity contribution in [3.63, 3.8) is 0 Å². The van der Waals surface area contributed by atoms with Gasteiger partial charge in [0.15, 0.2) is 6.04 Å². The number of nitrogens with one attached hydrogen (secondary N) is 1. The van der Waals surface area contributed by atoms with Crippen LogP contribution in [0.3, 0.4) is 0 Å². The number of amides is 1. The summed E-state index contributed by atoms with van der Waals surface area (Å²) in [5.41, 5.74) is -0.155. The molecule has 7 heteroatoms. The number of pyridine rings is 1. The van der Waals surface area contributed by atoms with Gasteiger partial charge in [-0.3, -0.25) is 4.98 Å². The predicted molar refractivity (Wildman–Crippen MR) is 76.1 cm³/mol. The zero-order valence-electron chi connectivity index (χ0n) is 11.8. The second-order valence-electron chi connectivity index (χ2n) is 5.04. The Bertz CT molecular complexity index is 499. The molecule has 1 heterocycles. The van der Waals surface area contributed by atoms with Gasteiger partial charge in [0.1, 0.15) is 5.60 Å². The summed E-state index contributed by atoms with van der Waals surface area (Å²) in [6.07, 6.45) is 2.35. The number of nitrogens with zero attached hydrogens (tertiary/aromatic N) is 1. The highest BCUT2D eigenvalue weighted by Gasteiger charge is 2.26. The molecule has 1 aromatic rings. The van der Waals surface area contributed by atoms with Crippen molar-refractivity contribution in [3.05, 3.63) is 28.5 Å². The molecule has 1 amide bonds. The predicted octanol–water partition coefficient (Wildman–Crippen LogP) is 2.58. The van der Waals surface area contributed by atoms with E-state index in [1.807, 2.05) is 0 Å². The molecule has 0 radical (unpaired) electrons. The van der Waals surface area contributed by atoms with Gasteiger partial charge in [0.05, 0.1) is 7.11 Å². The monoisotopic (exact) mass is 344 g/mol. The lowest BCUT2D eigenvalue weighted by Crippen LogP contribution is -2.38. The van der Waals surface area contributed by atoms with Gasteiger partial charge in [0, 0.05) is 22.4 Å². The van der Waals surface area contributed by atoms with Crippen LogP contribution in [-0.4, -0.2) is 29.8 Å².